The molecule has 0 aliphatic rings. The van der Waals surface area contributed by atoms with E-state index in [1.54, 1.807) is 13.8 Å². The fraction of sp³-hybridized carbons (Fsp3) is 0.400. The molecule has 5 heteroatoms. The first-order chi connectivity index (χ1) is 6.79. The summed E-state index contributed by atoms with van der Waals surface area (Å²) < 4.78 is 18.2. The molecule has 0 atom stereocenters. The minimum atomic E-state index is -0.874. The van der Waals surface area contributed by atoms with Gasteiger partial charge in [-0.3, -0.25) is 0 Å². The highest BCUT2D eigenvalue weighted by atomic mass is 35.5. The Labute approximate surface area is 92.6 Å². The van der Waals surface area contributed by atoms with Gasteiger partial charge in [0.15, 0.2) is 11.6 Å². The van der Waals surface area contributed by atoms with Gasteiger partial charge in [-0.25, -0.2) is 4.39 Å². The van der Waals surface area contributed by atoms with E-state index in [-0.39, 0.29) is 22.1 Å². The lowest BCUT2D eigenvalue weighted by atomic mass is 9.94. The zero-order valence-corrected chi connectivity index (χ0v) is 9.52. The van der Waals surface area contributed by atoms with Crippen molar-refractivity contribution in [3.05, 3.63) is 22.5 Å². The molecule has 84 valence electrons. The number of phenols is 1. The van der Waals surface area contributed by atoms with Crippen LogP contribution in [0.15, 0.2) is 6.07 Å². The van der Waals surface area contributed by atoms with Crippen LogP contribution in [0.4, 0.5) is 4.39 Å². The van der Waals surface area contributed by atoms with Crippen molar-refractivity contribution in [1.82, 2.24) is 0 Å². The maximum atomic E-state index is 13.4. The molecule has 0 fully saturated rings. The van der Waals surface area contributed by atoms with E-state index in [2.05, 4.69) is 0 Å². The predicted molar refractivity (Wildman–Crippen MR) is 56.8 cm³/mol. The van der Waals surface area contributed by atoms with Crippen molar-refractivity contribution < 1.29 is 14.2 Å². The van der Waals surface area contributed by atoms with Gasteiger partial charge in [-0.05, 0) is 19.9 Å². The maximum Gasteiger partial charge on any atom is 0.176 e. The van der Waals surface area contributed by atoms with E-state index in [1.807, 2.05) is 0 Å². The average Bonchev–Trinajstić information content (AvgIpc) is 2.10. The van der Waals surface area contributed by atoms with Gasteiger partial charge >= 0.3 is 0 Å². The number of phenolic OH excluding ortho intramolecular Hbond substituents is 1. The van der Waals surface area contributed by atoms with E-state index in [9.17, 15) is 9.50 Å². The van der Waals surface area contributed by atoms with Gasteiger partial charge in [0.25, 0.3) is 0 Å². The van der Waals surface area contributed by atoms with Crippen LogP contribution in [0.5, 0.6) is 11.5 Å². The first-order valence-corrected chi connectivity index (χ1v) is 4.71. The number of hydrogen-bond donors (Lipinski definition) is 2. The van der Waals surface area contributed by atoms with Crippen molar-refractivity contribution in [3.63, 3.8) is 0 Å². The number of nitrogens with two attached hydrogens (primary N) is 1. The van der Waals surface area contributed by atoms with Gasteiger partial charge in [0.05, 0.1) is 7.11 Å². The van der Waals surface area contributed by atoms with Crippen LogP contribution in [-0.4, -0.2) is 12.2 Å². The Bertz CT molecular complexity index is 388. The molecule has 3 N–H and O–H groups in total. The highest BCUT2D eigenvalue weighted by molar-refractivity contribution is 6.33. The van der Waals surface area contributed by atoms with Crippen LogP contribution in [0.1, 0.15) is 19.4 Å². The summed E-state index contributed by atoms with van der Waals surface area (Å²) in [5, 5.41) is 9.55. The standard InChI is InChI=1S/C10H13ClFNO2/c1-10(2,13)5-4-6(12)9(15-3)7(11)8(5)14/h4,14H,13H2,1-3H3. The van der Waals surface area contributed by atoms with E-state index >= 15 is 0 Å². The molecular formula is C10H13ClFNO2. The van der Waals surface area contributed by atoms with Gasteiger partial charge in [-0.15, -0.1) is 0 Å². The van der Waals surface area contributed by atoms with Crippen LogP contribution in [-0.2, 0) is 5.54 Å². The highest BCUT2D eigenvalue weighted by Gasteiger charge is 2.25. The molecule has 1 aromatic carbocycles. The van der Waals surface area contributed by atoms with Gasteiger partial charge in [0.1, 0.15) is 10.8 Å². The number of ether oxygens (including phenoxy) is 1. The molecule has 0 aliphatic heterocycles. The molecule has 0 spiro atoms. The Morgan fingerprint density at radius 3 is 2.47 bits per heavy atom. The molecule has 1 aromatic rings. The molecular weight excluding hydrogens is 221 g/mol. The second kappa shape index (κ2) is 3.87. The number of halogens is 2. The van der Waals surface area contributed by atoms with Crippen molar-refractivity contribution in [3.8, 4) is 11.5 Å². The van der Waals surface area contributed by atoms with Crippen molar-refractivity contribution in [2.45, 2.75) is 19.4 Å². The lowest BCUT2D eigenvalue weighted by Crippen LogP contribution is -2.29. The van der Waals surface area contributed by atoms with Gasteiger partial charge in [0.2, 0.25) is 0 Å². The molecule has 15 heavy (non-hydrogen) atoms. The SMILES string of the molecule is COc1c(F)cc(C(C)(C)N)c(O)c1Cl. The Morgan fingerprint density at radius 1 is 1.53 bits per heavy atom. The molecule has 0 radical (unpaired) electrons. The Morgan fingerprint density at radius 2 is 2.07 bits per heavy atom. The average molecular weight is 234 g/mol. The summed E-state index contributed by atoms with van der Waals surface area (Å²) >= 11 is 5.74. The second-order valence-corrected chi connectivity index (χ2v) is 4.20. The van der Waals surface area contributed by atoms with Crippen LogP contribution in [0, 0.1) is 5.82 Å². The van der Waals surface area contributed by atoms with E-state index in [0.717, 1.165) is 6.07 Å². The fourth-order valence-electron chi connectivity index (χ4n) is 1.27. The normalized spacial score (nSPS) is 11.6. The smallest absolute Gasteiger partial charge is 0.176 e. The Kier molecular flexibility index (Phi) is 3.11. The van der Waals surface area contributed by atoms with Crippen molar-refractivity contribution in [1.29, 1.82) is 0 Å². The summed E-state index contributed by atoms with van der Waals surface area (Å²) in [5.74, 6) is -1.07. The van der Waals surface area contributed by atoms with Gasteiger partial charge in [-0.1, -0.05) is 11.6 Å². The largest absolute Gasteiger partial charge is 0.506 e. The lowest BCUT2D eigenvalue weighted by Gasteiger charge is -2.22. The monoisotopic (exact) mass is 233 g/mol. The van der Waals surface area contributed by atoms with Crippen LogP contribution in [0.25, 0.3) is 0 Å². The van der Waals surface area contributed by atoms with E-state index in [1.165, 1.54) is 7.11 Å². The number of benzene rings is 1. The predicted octanol–water partition coefficient (Wildman–Crippen LogP) is 2.39. The van der Waals surface area contributed by atoms with Crippen LogP contribution < -0.4 is 10.5 Å². The highest BCUT2D eigenvalue weighted by Crippen LogP contribution is 2.41. The van der Waals surface area contributed by atoms with Crippen molar-refractivity contribution in [2.75, 3.05) is 7.11 Å². The summed E-state index contributed by atoms with van der Waals surface area (Å²) in [6, 6.07) is 1.13. The zero-order valence-electron chi connectivity index (χ0n) is 8.77. The molecule has 0 aromatic heterocycles. The molecule has 0 amide bonds. The molecule has 0 saturated heterocycles. The molecule has 0 bridgehead atoms. The Hall–Kier alpha value is -1.00. The van der Waals surface area contributed by atoms with E-state index < -0.39 is 11.4 Å². The third-order valence-electron chi connectivity index (χ3n) is 2.05. The molecule has 0 saturated carbocycles. The van der Waals surface area contributed by atoms with Gasteiger partial charge < -0.3 is 15.6 Å². The molecule has 0 heterocycles. The fourth-order valence-corrected chi connectivity index (χ4v) is 1.54. The number of methoxy groups -OCH3 is 1. The first-order valence-electron chi connectivity index (χ1n) is 4.33. The summed E-state index contributed by atoms with van der Waals surface area (Å²) in [6.45, 7) is 3.29. The maximum absolute atomic E-state index is 13.4. The minimum Gasteiger partial charge on any atom is -0.506 e. The van der Waals surface area contributed by atoms with Crippen LogP contribution in [0.3, 0.4) is 0 Å². The summed E-state index contributed by atoms with van der Waals surface area (Å²) in [5.41, 5.74) is 5.13. The summed E-state index contributed by atoms with van der Waals surface area (Å²) in [6.07, 6.45) is 0. The molecule has 0 unspecified atom stereocenters. The molecule has 1 rings (SSSR count). The quantitative estimate of drug-likeness (QED) is 0.825. The van der Waals surface area contributed by atoms with Crippen LogP contribution in [0.2, 0.25) is 5.02 Å². The Balaban J connectivity index is 3.48. The molecule has 0 aliphatic carbocycles. The number of hydrogen-bond acceptors (Lipinski definition) is 3. The van der Waals surface area contributed by atoms with E-state index in [4.69, 9.17) is 22.1 Å². The van der Waals surface area contributed by atoms with Crippen molar-refractivity contribution >= 4 is 11.6 Å². The summed E-state index contributed by atoms with van der Waals surface area (Å²) in [4.78, 5) is 0. The third kappa shape index (κ3) is 2.16. The van der Waals surface area contributed by atoms with Gasteiger partial charge in [0, 0.05) is 11.1 Å². The zero-order chi connectivity index (χ0) is 11.8. The second-order valence-electron chi connectivity index (χ2n) is 3.82. The summed E-state index contributed by atoms with van der Waals surface area (Å²) in [7, 11) is 1.27. The third-order valence-corrected chi connectivity index (χ3v) is 2.40. The first kappa shape index (κ1) is 12.1. The topological polar surface area (TPSA) is 55.5 Å². The van der Waals surface area contributed by atoms with Crippen LogP contribution >= 0.6 is 11.6 Å². The van der Waals surface area contributed by atoms with Gasteiger partial charge in [-0.2, -0.15) is 0 Å². The lowest BCUT2D eigenvalue weighted by molar-refractivity contribution is 0.375. The molecule has 3 nitrogen and oxygen atoms in total. The minimum absolute atomic E-state index is 0.161. The van der Waals surface area contributed by atoms with Crippen molar-refractivity contribution in [2.24, 2.45) is 5.73 Å². The number of aromatic hydroxyl groups is 1. The number of rotatable bonds is 2. The van der Waals surface area contributed by atoms with E-state index in [0.29, 0.717) is 0 Å².